The number of hydrogen-bond acceptors (Lipinski definition) is 2. The average molecular weight is 284 g/mol. The van der Waals surface area contributed by atoms with Crippen LogP contribution in [-0.2, 0) is 5.41 Å². The summed E-state index contributed by atoms with van der Waals surface area (Å²) in [5.74, 6) is -0.357. The quantitative estimate of drug-likeness (QED) is 0.741. The molecule has 0 spiro atoms. The minimum atomic E-state index is -0.962. The summed E-state index contributed by atoms with van der Waals surface area (Å²) in [5, 5.41) is 8.33. The van der Waals surface area contributed by atoms with Crippen LogP contribution in [0.4, 0.5) is 8.78 Å². The number of rotatable bonds is 1. The minimum absolute atomic E-state index is 0.0268. The van der Waals surface area contributed by atoms with Crippen LogP contribution in [-0.4, -0.2) is 16.4 Å². The van der Waals surface area contributed by atoms with Gasteiger partial charge in [0.05, 0.1) is 16.8 Å². The Labute approximate surface area is 121 Å². The molecule has 2 nitrogen and oxygen atoms in total. The summed E-state index contributed by atoms with van der Waals surface area (Å²) < 4.78 is 28.1. The van der Waals surface area contributed by atoms with Crippen molar-refractivity contribution in [1.29, 1.82) is 0 Å². The van der Waals surface area contributed by atoms with E-state index in [1.54, 1.807) is 18.2 Å². The molecule has 106 valence electrons. The standard InChI is InChI=1S/C17H14F2N2/c1-9-11-8-15(19)17(9,2)16-12(11)7-14(20-21-16)10-5-3-4-6-13(10)18/h3-7,11,15H,1,8H2,2H3/t11-,15?,17?/m0/s1. The maximum absolute atomic E-state index is 14.2. The fourth-order valence-electron chi connectivity index (χ4n) is 3.64. The lowest BCUT2D eigenvalue weighted by Gasteiger charge is -2.26. The third-order valence-electron chi connectivity index (χ3n) is 5.00. The van der Waals surface area contributed by atoms with Gasteiger partial charge in [-0.1, -0.05) is 24.3 Å². The predicted octanol–water partition coefficient (Wildman–Crippen LogP) is 3.94. The van der Waals surface area contributed by atoms with E-state index in [0.29, 0.717) is 23.4 Å². The molecule has 1 saturated carbocycles. The van der Waals surface area contributed by atoms with E-state index in [1.165, 1.54) is 6.07 Å². The lowest BCUT2D eigenvalue weighted by atomic mass is 9.82. The summed E-state index contributed by atoms with van der Waals surface area (Å²) in [6.07, 6.45) is -0.527. The molecule has 0 N–H and O–H groups in total. The Balaban J connectivity index is 1.89. The first-order chi connectivity index (χ1) is 10.0. The smallest absolute Gasteiger partial charge is 0.132 e. The summed E-state index contributed by atoms with van der Waals surface area (Å²) in [6.45, 7) is 5.89. The highest BCUT2D eigenvalue weighted by atomic mass is 19.1. The number of fused-ring (bicyclic) bond motifs is 5. The predicted molar refractivity (Wildman–Crippen MR) is 76.2 cm³/mol. The number of halogens is 2. The second kappa shape index (κ2) is 3.97. The minimum Gasteiger partial charge on any atom is -0.246 e. The van der Waals surface area contributed by atoms with Crippen molar-refractivity contribution in [3.8, 4) is 11.3 Å². The van der Waals surface area contributed by atoms with Crippen molar-refractivity contribution in [2.75, 3.05) is 0 Å². The van der Waals surface area contributed by atoms with Crippen molar-refractivity contribution in [1.82, 2.24) is 10.2 Å². The van der Waals surface area contributed by atoms with Crippen molar-refractivity contribution in [2.24, 2.45) is 0 Å². The molecule has 0 aliphatic heterocycles. The second-order valence-electron chi connectivity index (χ2n) is 6.00. The van der Waals surface area contributed by atoms with E-state index in [9.17, 15) is 8.78 Å². The molecule has 2 unspecified atom stereocenters. The van der Waals surface area contributed by atoms with Crippen molar-refractivity contribution >= 4 is 0 Å². The molecule has 2 aliphatic rings. The van der Waals surface area contributed by atoms with Gasteiger partial charge in [-0.25, -0.2) is 8.78 Å². The third kappa shape index (κ3) is 1.45. The Morgan fingerprint density at radius 1 is 1.29 bits per heavy atom. The highest BCUT2D eigenvalue weighted by molar-refractivity contribution is 5.64. The number of benzene rings is 1. The van der Waals surface area contributed by atoms with Crippen LogP contribution in [0.5, 0.6) is 0 Å². The molecule has 4 rings (SSSR count). The van der Waals surface area contributed by atoms with Gasteiger partial charge in [0.15, 0.2) is 0 Å². The van der Waals surface area contributed by atoms with Crippen LogP contribution < -0.4 is 0 Å². The number of aromatic nitrogens is 2. The molecule has 0 saturated heterocycles. The first-order valence-electron chi connectivity index (χ1n) is 7.00. The fourth-order valence-corrected chi connectivity index (χ4v) is 3.64. The lowest BCUT2D eigenvalue weighted by molar-refractivity contribution is 0.241. The molecule has 0 amide bonds. The van der Waals surface area contributed by atoms with Crippen LogP contribution in [0.2, 0.25) is 0 Å². The Kier molecular flexibility index (Phi) is 2.39. The van der Waals surface area contributed by atoms with E-state index >= 15 is 0 Å². The molecule has 1 aromatic carbocycles. The topological polar surface area (TPSA) is 25.8 Å². The highest BCUT2D eigenvalue weighted by Gasteiger charge is 2.57. The van der Waals surface area contributed by atoms with E-state index in [4.69, 9.17) is 0 Å². The third-order valence-corrected chi connectivity index (χ3v) is 5.00. The second-order valence-corrected chi connectivity index (χ2v) is 6.00. The number of nitrogens with zero attached hydrogens (tertiary/aromatic N) is 2. The van der Waals surface area contributed by atoms with Gasteiger partial charge in [-0.3, -0.25) is 0 Å². The van der Waals surface area contributed by atoms with Gasteiger partial charge < -0.3 is 0 Å². The maximum atomic E-state index is 14.2. The summed E-state index contributed by atoms with van der Waals surface area (Å²) in [6, 6.07) is 8.31. The van der Waals surface area contributed by atoms with Gasteiger partial charge in [0, 0.05) is 11.5 Å². The van der Waals surface area contributed by atoms with Crippen molar-refractivity contribution < 1.29 is 8.78 Å². The SMILES string of the molecule is C=C1[C@@H]2CC(F)C1(C)c1nnc(-c3ccccc3F)cc12. The molecular formula is C17H14F2N2. The Morgan fingerprint density at radius 3 is 2.81 bits per heavy atom. The van der Waals surface area contributed by atoms with Crippen molar-refractivity contribution in [3.05, 3.63) is 59.6 Å². The van der Waals surface area contributed by atoms with Gasteiger partial charge in [0.1, 0.15) is 12.0 Å². The number of alkyl halides is 1. The van der Waals surface area contributed by atoms with Crippen molar-refractivity contribution in [2.45, 2.75) is 30.8 Å². The van der Waals surface area contributed by atoms with E-state index in [1.807, 2.05) is 13.0 Å². The van der Waals surface area contributed by atoms with Gasteiger partial charge in [-0.05, 0) is 37.1 Å². The monoisotopic (exact) mass is 284 g/mol. The number of hydrogen-bond donors (Lipinski definition) is 0. The zero-order valence-electron chi connectivity index (χ0n) is 11.6. The molecule has 3 atom stereocenters. The zero-order chi connectivity index (χ0) is 14.8. The van der Waals surface area contributed by atoms with E-state index in [-0.39, 0.29) is 11.7 Å². The molecular weight excluding hydrogens is 270 g/mol. The summed E-state index contributed by atoms with van der Waals surface area (Å²) in [5.41, 5.74) is 2.65. The van der Waals surface area contributed by atoms with Crippen LogP contribution in [0.1, 0.15) is 30.5 Å². The highest BCUT2D eigenvalue weighted by Crippen LogP contribution is 2.60. The molecule has 2 aliphatic carbocycles. The molecule has 2 bridgehead atoms. The van der Waals surface area contributed by atoms with Crippen LogP contribution in [0.25, 0.3) is 11.3 Å². The molecule has 1 heterocycles. The normalized spacial score (nSPS) is 29.8. The van der Waals surface area contributed by atoms with Gasteiger partial charge in [0.25, 0.3) is 0 Å². The van der Waals surface area contributed by atoms with Crippen molar-refractivity contribution in [3.63, 3.8) is 0 Å². The van der Waals surface area contributed by atoms with Crippen LogP contribution in [0.3, 0.4) is 0 Å². The van der Waals surface area contributed by atoms with Crippen LogP contribution >= 0.6 is 0 Å². The molecule has 1 fully saturated rings. The summed E-state index contributed by atoms with van der Waals surface area (Å²) in [7, 11) is 0. The molecule has 0 radical (unpaired) electrons. The average Bonchev–Trinajstić information content (AvgIpc) is 2.83. The summed E-state index contributed by atoms with van der Waals surface area (Å²) >= 11 is 0. The fraction of sp³-hybridized carbons (Fsp3) is 0.294. The van der Waals surface area contributed by atoms with E-state index < -0.39 is 11.6 Å². The van der Waals surface area contributed by atoms with E-state index in [0.717, 1.165) is 11.1 Å². The summed E-state index contributed by atoms with van der Waals surface area (Å²) in [4.78, 5) is 0. The largest absolute Gasteiger partial charge is 0.246 e. The first kappa shape index (κ1) is 12.6. The molecule has 4 heteroatoms. The molecule has 2 aromatic rings. The van der Waals surface area contributed by atoms with Gasteiger partial charge in [0.2, 0.25) is 0 Å². The van der Waals surface area contributed by atoms with Crippen LogP contribution in [0.15, 0.2) is 42.5 Å². The first-order valence-corrected chi connectivity index (χ1v) is 7.00. The Morgan fingerprint density at radius 2 is 2.05 bits per heavy atom. The molecule has 21 heavy (non-hydrogen) atoms. The Hall–Kier alpha value is -2.10. The van der Waals surface area contributed by atoms with Gasteiger partial charge in [-0.15, -0.1) is 0 Å². The Bertz CT molecular complexity index is 771. The van der Waals surface area contributed by atoms with Gasteiger partial charge in [-0.2, -0.15) is 10.2 Å². The maximum Gasteiger partial charge on any atom is 0.132 e. The number of allylic oxidation sites excluding steroid dienone is 1. The zero-order valence-corrected chi connectivity index (χ0v) is 11.6. The lowest BCUT2D eigenvalue weighted by Crippen LogP contribution is -2.31. The van der Waals surface area contributed by atoms with E-state index in [2.05, 4.69) is 16.8 Å². The van der Waals surface area contributed by atoms with Gasteiger partial charge >= 0.3 is 0 Å². The molecule has 1 aromatic heterocycles. The van der Waals surface area contributed by atoms with Crippen LogP contribution in [0, 0.1) is 5.82 Å².